The van der Waals surface area contributed by atoms with Crippen LogP contribution in [-0.4, -0.2) is 10.8 Å². The van der Waals surface area contributed by atoms with Gasteiger partial charge in [0.2, 0.25) is 0 Å². The molecule has 2 aromatic carbocycles. The number of nitrogen functional groups attached to an aromatic ring is 1. The van der Waals surface area contributed by atoms with Crippen LogP contribution < -0.4 is 5.73 Å². The zero-order chi connectivity index (χ0) is 14.3. The fourth-order valence-electron chi connectivity index (χ4n) is 2.18. The van der Waals surface area contributed by atoms with E-state index < -0.39 is 11.6 Å². The van der Waals surface area contributed by atoms with Crippen molar-refractivity contribution in [1.82, 2.24) is 4.98 Å². The molecule has 0 amide bonds. The second-order valence-corrected chi connectivity index (χ2v) is 4.84. The molecule has 1 heterocycles. The number of anilines is 1. The van der Waals surface area contributed by atoms with Gasteiger partial charge in [-0.05, 0) is 30.3 Å². The highest BCUT2D eigenvalue weighted by atomic mass is 35.5. The standard InChI is InChI=1S/C15H10ClFN2O/c16-11-2-1-3-13-14(11)10(7-19-13)15(20)9-6-8(18)4-5-12(9)17/h1-7,19H,18H2. The average molecular weight is 289 g/mol. The largest absolute Gasteiger partial charge is 0.399 e. The molecule has 100 valence electrons. The van der Waals surface area contributed by atoms with Crippen LogP contribution in [0.15, 0.2) is 42.6 Å². The van der Waals surface area contributed by atoms with E-state index in [0.29, 0.717) is 21.7 Å². The lowest BCUT2D eigenvalue weighted by Gasteiger charge is -2.04. The summed E-state index contributed by atoms with van der Waals surface area (Å²) in [6, 6.07) is 9.18. The van der Waals surface area contributed by atoms with Gasteiger partial charge in [-0.25, -0.2) is 4.39 Å². The molecule has 0 bridgehead atoms. The number of hydrogen-bond acceptors (Lipinski definition) is 2. The van der Waals surface area contributed by atoms with E-state index in [2.05, 4.69) is 4.98 Å². The molecule has 1 aromatic heterocycles. The lowest BCUT2D eigenvalue weighted by Crippen LogP contribution is -2.04. The molecule has 5 heteroatoms. The summed E-state index contributed by atoms with van der Waals surface area (Å²) in [5.74, 6) is -1.06. The van der Waals surface area contributed by atoms with Crippen molar-refractivity contribution in [3.63, 3.8) is 0 Å². The Balaban J connectivity index is 2.21. The fourth-order valence-corrected chi connectivity index (χ4v) is 2.46. The van der Waals surface area contributed by atoms with Crippen molar-refractivity contribution < 1.29 is 9.18 Å². The van der Waals surface area contributed by atoms with E-state index in [-0.39, 0.29) is 5.56 Å². The predicted molar refractivity (Wildman–Crippen MR) is 77.6 cm³/mol. The molecule has 0 fully saturated rings. The Morgan fingerprint density at radius 2 is 2.00 bits per heavy atom. The smallest absolute Gasteiger partial charge is 0.198 e. The maximum Gasteiger partial charge on any atom is 0.198 e. The van der Waals surface area contributed by atoms with Crippen LogP contribution in [0, 0.1) is 5.82 Å². The summed E-state index contributed by atoms with van der Waals surface area (Å²) >= 11 is 6.12. The molecule has 0 aliphatic rings. The lowest BCUT2D eigenvalue weighted by atomic mass is 10.0. The molecule has 3 nitrogen and oxygen atoms in total. The minimum absolute atomic E-state index is 0.0641. The number of carbonyl (C=O) groups is 1. The summed E-state index contributed by atoms with van der Waals surface area (Å²) in [5, 5.41) is 1.03. The van der Waals surface area contributed by atoms with Crippen molar-refractivity contribution in [2.75, 3.05) is 5.73 Å². The van der Waals surface area contributed by atoms with Gasteiger partial charge >= 0.3 is 0 Å². The molecular weight excluding hydrogens is 279 g/mol. The van der Waals surface area contributed by atoms with Crippen LogP contribution in [-0.2, 0) is 0 Å². The quantitative estimate of drug-likeness (QED) is 0.557. The van der Waals surface area contributed by atoms with E-state index in [1.807, 2.05) is 0 Å². The number of H-pyrrole nitrogens is 1. The summed E-state index contributed by atoms with van der Waals surface area (Å²) in [6.07, 6.45) is 1.53. The number of aromatic amines is 1. The molecule has 0 unspecified atom stereocenters. The number of benzene rings is 2. The van der Waals surface area contributed by atoms with Crippen molar-refractivity contribution in [2.45, 2.75) is 0 Å². The summed E-state index contributed by atoms with van der Waals surface area (Å²) in [5.41, 5.74) is 6.93. The minimum Gasteiger partial charge on any atom is -0.399 e. The van der Waals surface area contributed by atoms with Crippen LogP contribution in [0.2, 0.25) is 5.02 Å². The van der Waals surface area contributed by atoms with E-state index >= 15 is 0 Å². The first-order chi connectivity index (χ1) is 9.58. The van der Waals surface area contributed by atoms with E-state index in [0.717, 1.165) is 5.52 Å². The van der Waals surface area contributed by atoms with Crippen molar-refractivity contribution in [3.8, 4) is 0 Å². The van der Waals surface area contributed by atoms with Crippen LogP contribution in [0.3, 0.4) is 0 Å². The van der Waals surface area contributed by atoms with E-state index in [1.165, 1.54) is 24.4 Å². The van der Waals surface area contributed by atoms with Crippen LogP contribution in [0.25, 0.3) is 10.9 Å². The predicted octanol–water partition coefficient (Wildman–Crippen LogP) is 3.77. The van der Waals surface area contributed by atoms with Crippen LogP contribution in [0.5, 0.6) is 0 Å². The Hall–Kier alpha value is -2.33. The summed E-state index contributed by atoms with van der Waals surface area (Å²) < 4.78 is 13.8. The molecule has 3 rings (SSSR count). The summed E-state index contributed by atoms with van der Waals surface area (Å²) in [4.78, 5) is 15.4. The second-order valence-electron chi connectivity index (χ2n) is 4.43. The number of rotatable bonds is 2. The van der Waals surface area contributed by atoms with E-state index in [1.54, 1.807) is 18.2 Å². The normalized spacial score (nSPS) is 10.9. The minimum atomic E-state index is -0.606. The maximum atomic E-state index is 13.8. The summed E-state index contributed by atoms with van der Waals surface area (Å²) in [7, 11) is 0. The molecule has 0 saturated carbocycles. The number of fused-ring (bicyclic) bond motifs is 1. The number of halogens is 2. The van der Waals surface area contributed by atoms with Crippen molar-refractivity contribution in [2.24, 2.45) is 0 Å². The lowest BCUT2D eigenvalue weighted by molar-refractivity contribution is 0.103. The third kappa shape index (κ3) is 1.94. The van der Waals surface area contributed by atoms with Gasteiger partial charge in [0.25, 0.3) is 0 Å². The number of nitrogens with one attached hydrogen (secondary N) is 1. The Kier molecular flexibility index (Phi) is 2.95. The van der Waals surface area contributed by atoms with Gasteiger partial charge in [-0.3, -0.25) is 4.79 Å². The zero-order valence-corrected chi connectivity index (χ0v) is 11.0. The second kappa shape index (κ2) is 4.65. The maximum absolute atomic E-state index is 13.8. The number of aromatic nitrogens is 1. The van der Waals surface area contributed by atoms with Crippen LogP contribution in [0.1, 0.15) is 15.9 Å². The Bertz CT molecular complexity index is 826. The molecule has 0 aliphatic heterocycles. The van der Waals surface area contributed by atoms with E-state index in [4.69, 9.17) is 17.3 Å². The third-order valence-electron chi connectivity index (χ3n) is 3.13. The SMILES string of the molecule is Nc1ccc(F)c(C(=O)c2c[nH]c3cccc(Cl)c23)c1. The van der Waals surface area contributed by atoms with Gasteiger partial charge in [0.05, 0.1) is 10.6 Å². The molecule has 0 radical (unpaired) electrons. The van der Waals surface area contributed by atoms with Gasteiger partial charge in [0, 0.05) is 28.4 Å². The fraction of sp³-hybridized carbons (Fsp3) is 0. The van der Waals surface area contributed by atoms with Gasteiger partial charge in [-0.1, -0.05) is 17.7 Å². The van der Waals surface area contributed by atoms with Crippen LogP contribution in [0.4, 0.5) is 10.1 Å². The molecule has 3 aromatic rings. The molecular formula is C15H10ClFN2O. The average Bonchev–Trinajstić information content (AvgIpc) is 2.86. The molecule has 0 atom stereocenters. The molecule has 3 N–H and O–H groups in total. The Labute approximate surface area is 119 Å². The van der Waals surface area contributed by atoms with E-state index in [9.17, 15) is 9.18 Å². The number of ketones is 1. The first-order valence-corrected chi connectivity index (χ1v) is 6.31. The first-order valence-electron chi connectivity index (χ1n) is 5.93. The summed E-state index contributed by atoms with van der Waals surface area (Å²) in [6.45, 7) is 0. The van der Waals surface area contributed by atoms with Gasteiger partial charge in [-0.2, -0.15) is 0 Å². The highest BCUT2D eigenvalue weighted by Crippen LogP contribution is 2.29. The van der Waals surface area contributed by atoms with Gasteiger partial charge < -0.3 is 10.7 Å². The molecule has 0 saturated heterocycles. The highest BCUT2D eigenvalue weighted by molar-refractivity contribution is 6.37. The first kappa shape index (κ1) is 12.7. The van der Waals surface area contributed by atoms with Gasteiger partial charge in [0.15, 0.2) is 5.78 Å². The molecule has 20 heavy (non-hydrogen) atoms. The molecule has 0 aliphatic carbocycles. The monoisotopic (exact) mass is 288 g/mol. The van der Waals surface area contributed by atoms with Gasteiger partial charge in [0.1, 0.15) is 5.82 Å². The number of hydrogen-bond donors (Lipinski definition) is 2. The van der Waals surface area contributed by atoms with Crippen LogP contribution >= 0.6 is 11.6 Å². The van der Waals surface area contributed by atoms with Gasteiger partial charge in [-0.15, -0.1) is 0 Å². The third-order valence-corrected chi connectivity index (χ3v) is 3.45. The number of nitrogens with two attached hydrogens (primary N) is 1. The zero-order valence-electron chi connectivity index (χ0n) is 10.3. The number of carbonyl (C=O) groups excluding carboxylic acids is 1. The Morgan fingerprint density at radius 1 is 1.20 bits per heavy atom. The Morgan fingerprint density at radius 3 is 2.80 bits per heavy atom. The van der Waals surface area contributed by atoms with Crippen molar-refractivity contribution in [3.05, 3.63) is 64.6 Å². The highest BCUT2D eigenvalue weighted by Gasteiger charge is 2.19. The van der Waals surface area contributed by atoms with Crippen molar-refractivity contribution >= 4 is 34.0 Å². The molecule has 0 spiro atoms. The van der Waals surface area contributed by atoms with Crippen molar-refractivity contribution in [1.29, 1.82) is 0 Å². The topological polar surface area (TPSA) is 58.9 Å².